The zero-order valence-electron chi connectivity index (χ0n) is 15.1. The third kappa shape index (κ3) is 4.77. The second kappa shape index (κ2) is 8.55. The number of nitrogens with one attached hydrogen (secondary N) is 1. The third-order valence-electron chi connectivity index (χ3n) is 4.41. The first-order chi connectivity index (χ1) is 13.1. The Balaban J connectivity index is 1.72. The largest absolute Gasteiger partial charge is 0.497 e. The molecule has 1 amide bonds. The van der Waals surface area contributed by atoms with E-state index in [1.165, 1.54) is 0 Å². The molecule has 0 aliphatic carbocycles. The minimum Gasteiger partial charge on any atom is -0.497 e. The minimum absolute atomic E-state index is 0.0714. The molecule has 2 N–H and O–H groups in total. The van der Waals surface area contributed by atoms with Crippen LogP contribution in [0.25, 0.3) is 0 Å². The van der Waals surface area contributed by atoms with Gasteiger partial charge in [-0.05, 0) is 35.9 Å². The number of carboxylic acid groups (broad SMARTS) is 1. The summed E-state index contributed by atoms with van der Waals surface area (Å²) in [4.78, 5) is 26.1. The second-order valence-corrected chi connectivity index (χ2v) is 6.21. The lowest BCUT2D eigenvalue weighted by Gasteiger charge is -2.29. The summed E-state index contributed by atoms with van der Waals surface area (Å²) in [5.74, 6) is -0.641. The van der Waals surface area contributed by atoms with Crippen LogP contribution in [-0.2, 0) is 16.0 Å². The molecule has 0 radical (unpaired) electrons. The highest BCUT2D eigenvalue weighted by Gasteiger charge is 2.17. The van der Waals surface area contributed by atoms with Crippen molar-refractivity contribution < 1.29 is 24.2 Å². The van der Waals surface area contributed by atoms with E-state index in [-0.39, 0.29) is 23.6 Å². The van der Waals surface area contributed by atoms with Gasteiger partial charge in [-0.25, -0.2) is 4.79 Å². The van der Waals surface area contributed by atoms with Gasteiger partial charge in [0.25, 0.3) is 0 Å². The standard InChI is InChI=1S/C20H22N2O5/c1-26-16-5-2-14(3-6-16)12-19(23)21-18-7-4-15(13-17(18)20(24)25)22-8-10-27-11-9-22/h2-7,13H,8-12H2,1H3,(H,21,23)(H,24,25). The molecular formula is C20H22N2O5. The maximum absolute atomic E-state index is 12.3. The van der Waals surface area contributed by atoms with Crippen molar-refractivity contribution in [2.75, 3.05) is 43.6 Å². The molecule has 7 nitrogen and oxygen atoms in total. The Morgan fingerprint density at radius 1 is 1.15 bits per heavy atom. The molecule has 0 atom stereocenters. The number of rotatable bonds is 6. The first kappa shape index (κ1) is 18.7. The summed E-state index contributed by atoms with van der Waals surface area (Å²) in [6.45, 7) is 2.65. The Kier molecular flexibility index (Phi) is 5.93. The number of hydrogen-bond donors (Lipinski definition) is 2. The van der Waals surface area contributed by atoms with Gasteiger partial charge in [0.15, 0.2) is 0 Å². The van der Waals surface area contributed by atoms with Gasteiger partial charge in [-0.2, -0.15) is 0 Å². The maximum Gasteiger partial charge on any atom is 0.337 e. The van der Waals surface area contributed by atoms with E-state index in [1.807, 2.05) is 6.07 Å². The predicted octanol–water partition coefficient (Wildman–Crippen LogP) is 2.41. The molecule has 0 aromatic heterocycles. The highest BCUT2D eigenvalue weighted by Crippen LogP contribution is 2.24. The predicted molar refractivity (Wildman–Crippen MR) is 102 cm³/mol. The number of amides is 1. The van der Waals surface area contributed by atoms with Crippen molar-refractivity contribution in [1.29, 1.82) is 0 Å². The summed E-state index contributed by atoms with van der Waals surface area (Å²) in [5.41, 5.74) is 1.99. The van der Waals surface area contributed by atoms with Gasteiger partial charge in [0, 0.05) is 18.8 Å². The number of ether oxygens (including phenoxy) is 2. The molecule has 0 spiro atoms. The molecule has 2 aromatic carbocycles. The SMILES string of the molecule is COc1ccc(CC(=O)Nc2ccc(N3CCOCC3)cc2C(=O)O)cc1. The zero-order chi connectivity index (χ0) is 19.2. The van der Waals surface area contributed by atoms with Crippen LogP contribution in [0.5, 0.6) is 5.75 Å². The fourth-order valence-electron chi connectivity index (χ4n) is 2.96. The van der Waals surface area contributed by atoms with E-state index in [2.05, 4.69) is 10.2 Å². The molecule has 0 unspecified atom stereocenters. The van der Waals surface area contributed by atoms with Gasteiger partial charge < -0.3 is 24.8 Å². The Morgan fingerprint density at radius 2 is 1.85 bits per heavy atom. The molecule has 0 saturated carbocycles. The fourth-order valence-corrected chi connectivity index (χ4v) is 2.96. The average Bonchev–Trinajstić information content (AvgIpc) is 2.69. The van der Waals surface area contributed by atoms with Gasteiger partial charge >= 0.3 is 5.97 Å². The molecule has 3 rings (SSSR count). The van der Waals surface area contributed by atoms with Crippen LogP contribution in [0.3, 0.4) is 0 Å². The number of carboxylic acids is 1. The fraction of sp³-hybridized carbons (Fsp3) is 0.300. The smallest absolute Gasteiger partial charge is 0.337 e. The van der Waals surface area contributed by atoms with Crippen molar-refractivity contribution in [2.24, 2.45) is 0 Å². The Hall–Kier alpha value is -3.06. The van der Waals surface area contributed by atoms with E-state index in [0.29, 0.717) is 32.1 Å². The molecule has 142 valence electrons. The summed E-state index contributed by atoms with van der Waals surface area (Å²) in [5, 5.41) is 12.2. The number of methoxy groups -OCH3 is 1. The van der Waals surface area contributed by atoms with E-state index in [0.717, 1.165) is 11.3 Å². The molecule has 1 aliphatic rings. The number of carbonyl (C=O) groups excluding carboxylic acids is 1. The monoisotopic (exact) mass is 370 g/mol. The summed E-state index contributed by atoms with van der Waals surface area (Å²) in [6, 6.07) is 12.2. The van der Waals surface area contributed by atoms with Crippen LogP contribution in [-0.4, -0.2) is 50.4 Å². The van der Waals surface area contributed by atoms with Gasteiger partial charge in [-0.3, -0.25) is 4.79 Å². The number of benzene rings is 2. The van der Waals surface area contributed by atoms with Gasteiger partial charge in [-0.1, -0.05) is 12.1 Å². The summed E-state index contributed by atoms with van der Waals surface area (Å²) in [6.07, 6.45) is 0.147. The Morgan fingerprint density at radius 3 is 2.48 bits per heavy atom. The van der Waals surface area contributed by atoms with Crippen molar-refractivity contribution in [3.63, 3.8) is 0 Å². The quantitative estimate of drug-likeness (QED) is 0.812. The average molecular weight is 370 g/mol. The first-order valence-corrected chi connectivity index (χ1v) is 8.69. The lowest BCUT2D eigenvalue weighted by molar-refractivity contribution is -0.115. The molecule has 1 heterocycles. The van der Waals surface area contributed by atoms with Crippen molar-refractivity contribution in [1.82, 2.24) is 0 Å². The molecule has 1 aliphatic heterocycles. The zero-order valence-corrected chi connectivity index (χ0v) is 15.1. The molecule has 0 bridgehead atoms. The van der Waals surface area contributed by atoms with E-state index in [9.17, 15) is 14.7 Å². The van der Waals surface area contributed by atoms with Crippen LogP contribution in [0, 0.1) is 0 Å². The highest BCUT2D eigenvalue weighted by atomic mass is 16.5. The van der Waals surface area contributed by atoms with Gasteiger partial charge in [0.05, 0.1) is 38.0 Å². The maximum atomic E-state index is 12.3. The molecular weight excluding hydrogens is 348 g/mol. The molecule has 2 aromatic rings. The molecule has 1 saturated heterocycles. The lowest BCUT2D eigenvalue weighted by Crippen LogP contribution is -2.36. The van der Waals surface area contributed by atoms with Gasteiger partial charge in [0.2, 0.25) is 5.91 Å². The first-order valence-electron chi connectivity index (χ1n) is 8.69. The van der Waals surface area contributed by atoms with Crippen LogP contribution in [0.1, 0.15) is 15.9 Å². The molecule has 27 heavy (non-hydrogen) atoms. The van der Waals surface area contributed by atoms with Crippen LogP contribution < -0.4 is 15.0 Å². The number of morpholine rings is 1. The Labute approximate surface area is 157 Å². The van der Waals surface area contributed by atoms with Crippen LogP contribution >= 0.6 is 0 Å². The number of anilines is 2. The van der Waals surface area contributed by atoms with Crippen molar-refractivity contribution >= 4 is 23.3 Å². The normalized spacial score (nSPS) is 13.9. The highest BCUT2D eigenvalue weighted by molar-refractivity contribution is 6.01. The number of aromatic carboxylic acids is 1. The summed E-state index contributed by atoms with van der Waals surface area (Å²) >= 11 is 0. The van der Waals surface area contributed by atoms with Crippen molar-refractivity contribution in [2.45, 2.75) is 6.42 Å². The van der Waals surface area contributed by atoms with Crippen molar-refractivity contribution in [3.05, 3.63) is 53.6 Å². The minimum atomic E-state index is -1.08. The van der Waals surface area contributed by atoms with E-state index < -0.39 is 5.97 Å². The van der Waals surface area contributed by atoms with Gasteiger partial charge in [0.1, 0.15) is 5.75 Å². The van der Waals surface area contributed by atoms with Crippen LogP contribution in [0.4, 0.5) is 11.4 Å². The topological polar surface area (TPSA) is 88.1 Å². The summed E-state index contributed by atoms with van der Waals surface area (Å²) in [7, 11) is 1.58. The lowest BCUT2D eigenvalue weighted by atomic mass is 10.1. The van der Waals surface area contributed by atoms with E-state index in [1.54, 1.807) is 43.5 Å². The van der Waals surface area contributed by atoms with Crippen LogP contribution in [0.2, 0.25) is 0 Å². The molecule has 1 fully saturated rings. The van der Waals surface area contributed by atoms with Gasteiger partial charge in [-0.15, -0.1) is 0 Å². The summed E-state index contributed by atoms with van der Waals surface area (Å²) < 4.78 is 10.4. The second-order valence-electron chi connectivity index (χ2n) is 6.21. The number of nitrogens with zero attached hydrogens (tertiary/aromatic N) is 1. The van der Waals surface area contributed by atoms with Crippen molar-refractivity contribution in [3.8, 4) is 5.75 Å². The number of carbonyl (C=O) groups is 2. The number of hydrogen-bond acceptors (Lipinski definition) is 5. The molecule has 7 heteroatoms. The van der Waals surface area contributed by atoms with E-state index in [4.69, 9.17) is 9.47 Å². The van der Waals surface area contributed by atoms with Crippen LogP contribution in [0.15, 0.2) is 42.5 Å². The Bertz CT molecular complexity index is 814. The third-order valence-corrected chi connectivity index (χ3v) is 4.41. The van der Waals surface area contributed by atoms with E-state index >= 15 is 0 Å².